The third-order valence-corrected chi connectivity index (χ3v) is 4.21. The number of anilines is 2. The fraction of sp³-hybridized carbons (Fsp3) is 0.529. The molecule has 1 saturated heterocycles. The molecule has 0 unspecified atom stereocenters. The van der Waals surface area contributed by atoms with E-state index in [-0.39, 0.29) is 11.6 Å². The molecule has 0 bridgehead atoms. The molecule has 1 N–H and O–H groups in total. The highest BCUT2D eigenvalue weighted by atomic mass is 19.4. The first-order valence-corrected chi connectivity index (χ1v) is 8.35. The third kappa shape index (κ3) is 4.66. The monoisotopic (exact) mass is 372 g/mol. The van der Waals surface area contributed by atoms with Crippen LogP contribution in [0.3, 0.4) is 0 Å². The first-order valence-electron chi connectivity index (χ1n) is 8.35. The highest BCUT2D eigenvalue weighted by Crippen LogP contribution is 2.36. The molecular formula is C17H19F3N2O4. The Morgan fingerprint density at radius 1 is 1.23 bits per heavy atom. The van der Waals surface area contributed by atoms with Gasteiger partial charge in [-0.25, -0.2) is 0 Å². The van der Waals surface area contributed by atoms with Crippen molar-refractivity contribution in [2.24, 2.45) is 5.92 Å². The number of benzene rings is 1. The van der Waals surface area contributed by atoms with E-state index in [0.29, 0.717) is 32.0 Å². The van der Waals surface area contributed by atoms with Gasteiger partial charge >= 0.3 is 12.1 Å². The summed E-state index contributed by atoms with van der Waals surface area (Å²) in [5.41, 5.74) is -0.350. The lowest BCUT2D eigenvalue weighted by atomic mass is 10.1. The van der Waals surface area contributed by atoms with Gasteiger partial charge in [0, 0.05) is 13.1 Å². The fourth-order valence-electron chi connectivity index (χ4n) is 2.65. The van der Waals surface area contributed by atoms with Crippen LogP contribution in [0.5, 0.6) is 0 Å². The molecule has 1 amide bonds. The van der Waals surface area contributed by atoms with Crippen molar-refractivity contribution in [3.63, 3.8) is 0 Å². The van der Waals surface area contributed by atoms with Crippen LogP contribution in [0.15, 0.2) is 18.2 Å². The zero-order valence-electron chi connectivity index (χ0n) is 14.0. The summed E-state index contributed by atoms with van der Waals surface area (Å²) in [5, 5.41) is 2.44. The van der Waals surface area contributed by atoms with Crippen molar-refractivity contribution in [3.05, 3.63) is 23.8 Å². The molecule has 2 aliphatic rings. The van der Waals surface area contributed by atoms with Gasteiger partial charge in [0.15, 0.2) is 6.61 Å². The van der Waals surface area contributed by atoms with E-state index in [9.17, 15) is 22.8 Å². The number of morpholine rings is 1. The highest BCUT2D eigenvalue weighted by molar-refractivity contribution is 5.96. The Hall–Kier alpha value is -2.29. The summed E-state index contributed by atoms with van der Waals surface area (Å²) in [5.74, 6) is -1.27. The summed E-state index contributed by atoms with van der Waals surface area (Å²) in [4.78, 5) is 25.4. The number of nitrogens with one attached hydrogen (secondary N) is 1. The van der Waals surface area contributed by atoms with Gasteiger partial charge in [-0.05, 0) is 31.0 Å². The molecule has 6 nitrogen and oxygen atoms in total. The van der Waals surface area contributed by atoms with Gasteiger partial charge in [-0.2, -0.15) is 13.2 Å². The molecule has 1 aromatic rings. The van der Waals surface area contributed by atoms with E-state index in [2.05, 4.69) is 5.32 Å². The molecule has 0 aromatic heterocycles. The molecule has 1 aromatic carbocycles. The molecule has 0 spiro atoms. The van der Waals surface area contributed by atoms with Gasteiger partial charge in [0.2, 0.25) is 0 Å². The number of rotatable bonds is 5. The number of hydrogen-bond acceptors (Lipinski definition) is 5. The molecule has 0 atom stereocenters. The van der Waals surface area contributed by atoms with Crippen LogP contribution in [-0.4, -0.2) is 44.8 Å². The molecule has 0 radical (unpaired) electrons. The van der Waals surface area contributed by atoms with E-state index < -0.39 is 30.2 Å². The van der Waals surface area contributed by atoms with E-state index in [1.54, 1.807) is 0 Å². The summed E-state index contributed by atoms with van der Waals surface area (Å²) in [7, 11) is 0. The Balaban J connectivity index is 1.74. The van der Waals surface area contributed by atoms with Gasteiger partial charge in [0.25, 0.3) is 5.91 Å². The van der Waals surface area contributed by atoms with Crippen LogP contribution in [0.1, 0.15) is 18.4 Å². The summed E-state index contributed by atoms with van der Waals surface area (Å²) in [6, 6.07) is 3.21. The maximum absolute atomic E-state index is 13.0. The number of carbonyl (C=O) groups excluding carboxylic acids is 2. The van der Waals surface area contributed by atoms with Gasteiger partial charge in [0.1, 0.15) is 0 Å². The molecule has 3 rings (SSSR count). The predicted molar refractivity (Wildman–Crippen MR) is 86.8 cm³/mol. The average molecular weight is 372 g/mol. The lowest BCUT2D eigenvalue weighted by Gasteiger charge is -2.31. The highest BCUT2D eigenvalue weighted by Gasteiger charge is 2.33. The van der Waals surface area contributed by atoms with Crippen LogP contribution < -0.4 is 10.2 Å². The van der Waals surface area contributed by atoms with E-state index >= 15 is 0 Å². The largest absolute Gasteiger partial charge is 0.455 e. The van der Waals surface area contributed by atoms with Crippen LogP contribution in [0.2, 0.25) is 0 Å². The maximum Gasteiger partial charge on any atom is 0.416 e. The standard InChI is InChI=1S/C17H19F3N2O4/c18-17(19,20)12-3-4-14(22-5-7-25-8-6-22)13(9-12)21-15(23)10-26-16(24)11-1-2-11/h3-4,9,11H,1-2,5-8,10H2,(H,21,23). The second kappa shape index (κ2) is 7.53. The van der Waals surface area contributed by atoms with Crippen LogP contribution in [0.25, 0.3) is 0 Å². The Kier molecular flexibility index (Phi) is 5.36. The number of alkyl halides is 3. The van der Waals surface area contributed by atoms with Gasteiger partial charge in [-0.3, -0.25) is 9.59 Å². The normalized spacial score (nSPS) is 17.7. The SMILES string of the molecule is O=C(COC(=O)C1CC1)Nc1cc(C(F)(F)F)ccc1N1CCOCC1. The number of hydrogen-bond donors (Lipinski definition) is 1. The molecule has 142 valence electrons. The summed E-state index contributed by atoms with van der Waals surface area (Å²) >= 11 is 0. The van der Waals surface area contributed by atoms with Crippen molar-refractivity contribution in [1.29, 1.82) is 0 Å². The lowest BCUT2D eigenvalue weighted by Crippen LogP contribution is -2.37. The second-order valence-corrected chi connectivity index (χ2v) is 6.26. The molecule has 1 saturated carbocycles. The smallest absolute Gasteiger partial charge is 0.416 e. The van der Waals surface area contributed by atoms with Crippen molar-refractivity contribution in [2.75, 3.05) is 43.1 Å². The quantitative estimate of drug-likeness (QED) is 0.804. The van der Waals surface area contributed by atoms with Gasteiger partial charge < -0.3 is 19.7 Å². The Morgan fingerprint density at radius 3 is 2.54 bits per heavy atom. The Bertz CT molecular complexity index is 683. The second-order valence-electron chi connectivity index (χ2n) is 6.26. The first kappa shape index (κ1) is 18.5. The summed E-state index contributed by atoms with van der Waals surface area (Å²) in [6.07, 6.45) is -3.04. The first-order chi connectivity index (χ1) is 12.3. The molecule has 1 aliphatic carbocycles. The van der Waals surface area contributed by atoms with Crippen LogP contribution in [0.4, 0.5) is 24.5 Å². The number of esters is 1. The van der Waals surface area contributed by atoms with E-state index in [1.165, 1.54) is 6.07 Å². The zero-order valence-corrected chi connectivity index (χ0v) is 14.0. The molecule has 26 heavy (non-hydrogen) atoms. The minimum absolute atomic E-state index is 0.0363. The number of carbonyl (C=O) groups is 2. The van der Waals surface area contributed by atoms with Crippen molar-refractivity contribution in [2.45, 2.75) is 19.0 Å². The topological polar surface area (TPSA) is 67.9 Å². The number of nitrogens with zero attached hydrogens (tertiary/aromatic N) is 1. The number of amides is 1. The number of ether oxygens (including phenoxy) is 2. The predicted octanol–water partition coefficient (Wildman–Crippen LogP) is 2.43. The van der Waals surface area contributed by atoms with Gasteiger partial charge in [-0.15, -0.1) is 0 Å². The molecule has 9 heteroatoms. The van der Waals surface area contributed by atoms with Crippen LogP contribution in [0, 0.1) is 5.92 Å². The van der Waals surface area contributed by atoms with Crippen LogP contribution >= 0.6 is 0 Å². The van der Waals surface area contributed by atoms with E-state index in [4.69, 9.17) is 9.47 Å². The van der Waals surface area contributed by atoms with E-state index in [0.717, 1.165) is 25.0 Å². The van der Waals surface area contributed by atoms with E-state index in [1.807, 2.05) is 4.90 Å². The maximum atomic E-state index is 13.0. The van der Waals surface area contributed by atoms with Gasteiger partial charge in [0.05, 0.1) is 36.1 Å². The molecule has 1 heterocycles. The fourth-order valence-corrected chi connectivity index (χ4v) is 2.65. The molecule has 1 aliphatic heterocycles. The Labute approximate surface area is 148 Å². The third-order valence-electron chi connectivity index (χ3n) is 4.21. The minimum atomic E-state index is -4.53. The van der Waals surface area contributed by atoms with Crippen LogP contribution in [-0.2, 0) is 25.2 Å². The van der Waals surface area contributed by atoms with Crippen molar-refractivity contribution in [3.8, 4) is 0 Å². The van der Waals surface area contributed by atoms with Crippen molar-refractivity contribution >= 4 is 23.3 Å². The molecular weight excluding hydrogens is 353 g/mol. The Morgan fingerprint density at radius 2 is 1.92 bits per heavy atom. The molecule has 2 fully saturated rings. The number of halogens is 3. The van der Waals surface area contributed by atoms with Gasteiger partial charge in [-0.1, -0.05) is 0 Å². The zero-order chi connectivity index (χ0) is 18.7. The minimum Gasteiger partial charge on any atom is -0.455 e. The van der Waals surface area contributed by atoms with Crippen molar-refractivity contribution < 1.29 is 32.2 Å². The summed E-state index contributed by atoms with van der Waals surface area (Å²) in [6.45, 7) is 1.39. The summed E-state index contributed by atoms with van der Waals surface area (Å²) < 4.78 is 49.2. The lowest BCUT2D eigenvalue weighted by molar-refractivity contribution is -0.148. The van der Waals surface area contributed by atoms with Crippen molar-refractivity contribution in [1.82, 2.24) is 0 Å². The average Bonchev–Trinajstić information content (AvgIpc) is 3.45.